The molecular weight excluding hydrogens is 491 g/mol. The van der Waals surface area contributed by atoms with Gasteiger partial charge in [-0.25, -0.2) is 17.5 Å². The second-order valence-corrected chi connectivity index (χ2v) is 12.0. The summed E-state index contributed by atoms with van der Waals surface area (Å²) in [5, 5.41) is 20.9. The van der Waals surface area contributed by atoms with Gasteiger partial charge in [0.15, 0.2) is 9.84 Å². The molecule has 37 heavy (non-hydrogen) atoms. The first-order valence-corrected chi connectivity index (χ1v) is 14.5. The smallest absolute Gasteiger partial charge is 0.153 e. The third-order valence-electron chi connectivity index (χ3n) is 7.17. The van der Waals surface area contributed by atoms with Crippen LogP contribution in [-0.2, 0) is 9.84 Å². The van der Waals surface area contributed by atoms with Crippen molar-refractivity contribution >= 4 is 21.3 Å². The molecule has 2 N–H and O–H groups in total. The highest BCUT2D eigenvalue weighted by atomic mass is 32.2. The molecule has 10 heteroatoms. The van der Waals surface area contributed by atoms with Crippen molar-refractivity contribution in [2.24, 2.45) is 5.92 Å². The van der Waals surface area contributed by atoms with E-state index >= 15 is 0 Å². The summed E-state index contributed by atoms with van der Waals surface area (Å²) in [7, 11) is -2.95. The number of nitrogens with one attached hydrogen (secondary N) is 2. The Morgan fingerprint density at radius 2 is 1.81 bits per heavy atom. The fourth-order valence-corrected chi connectivity index (χ4v) is 6.16. The first kappa shape index (κ1) is 25.2. The molecule has 2 aliphatic rings. The fraction of sp³-hybridized carbons (Fsp3) is 0.407. The molecule has 0 saturated carbocycles. The van der Waals surface area contributed by atoms with Gasteiger partial charge in [0.25, 0.3) is 0 Å². The summed E-state index contributed by atoms with van der Waals surface area (Å²) in [6, 6.07) is 16.2. The molecule has 0 bridgehead atoms. The zero-order valence-corrected chi connectivity index (χ0v) is 21.5. The number of aromatic nitrogens is 2. The van der Waals surface area contributed by atoms with Gasteiger partial charge in [-0.3, -0.25) is 0 Å². The van der Waals surface area contributed by atoms with E-state index in [-0.39, 0.29) is 17.1 Å². The molecule has 1 aromatic heterocycles. The molecule has 2 aliphatic heterocycles. The number of rotatable bonds is 6. The van der Waals surface area contributed by atoms with Crippen LogP contribution in [0.5, 0.6) is 0 Å². The lowest BCUT2D eigenvalue weighted by Gasteiger charge is -2.28. The molecule has 0 spiro atoms. The summed E-state index contributed by atoms with van der Waals surface area (Å²) in [6.45, 7) is 3.85. The molecular formula is C27H31FN6O2S. The van der Waals surface area contributed by atoms with E-state index in [9.17, 15) is 12.8 Å². The van der Waals surface area contributed by atoms with Crippen molar-refractivity contribution in [2.45, 2.75) is 19.3 Å². The van der Waals surface area contributed by atoms with Gasteiger partial charge in [-0.15, -0.1) is 5.10 Å². The first-order valence-electron chi connectivity index (χ1n) is 12.7. The molecule has 0 aliphatic carbocycles. The predicted molar refractivity (Wildman–Crippen MR) is 143 cm³/mol. The van der Waals surface area contributed by atoms with Crippen LogP contribution in [0.3, 0.4) is 0 Å². The monoisotopic (exact) mass is 522 g/mol. The van der Waals surface area contributed by atoms with Gasteiger partial charge in [-0.05, 0) is 74.7 Å². The lowest BCUT2D eigenvalue weighted by Crippen LogP contribution is -2.40. The van der Waals surface area contributed by atoms with E-state index in [0.29, 0.717) is 36.1 Å². The van der Waals surface area contributed by atoms with Crippen molar-refractivity contribution in [3.8, 4) is 23.0 Å². The van der Waals surface area contributed by atoms with Crippen molar-refractivity contribution in [3.05, 3.63) is 59.9 Å². The van der Waals surface area contributed by atoms with Crippen molar-refractivity contribution in [3.63, 3.8) is 0 Å². The van der Waals surface area contributed by atoms with Crippen LogP contribution >= 0.6 is 0 Å². The third-order valence-corrected chi connectivity index (χ3v) is 8.77. The van der Waals surface area contributed by atoms with Crippen LogP contribution in [0.1, 0.15) is 24.8 Å². The number of anilines is 2. The van der Waals surface area contributed by atoms with Crippen molar-refractivity contribution in [1.29, 1.82) is 5.26 Å². The second kappa shape index (κ2) is 10.9. The molecule has 8 nitrogen and oxygen atoms in total. The Labute approximate surface area is 217 Å². The predicted octanol–water partition coefficient (Wildman–Crippen LogP) is 3.59. The SMILES string of the molecule is N#Cc1ccc(-c2cc(NC[C@@H]3CCCNCC3)nn2-c2ccc(N3CCS(=O)(=O)CC3)cc2)cc1F. The lowest BCUT2D eigenvalue weighted by molar-refractivity contribution is 0.496. The summed E-state index contributed by atoms with van der Waals surface area (Å²) >= 11 is 0. The van der Waals surface area contributed by atoms with Gasteiger partial charge in [0.2, 0.25) is 0 Å². The summed E-state index contributed by atoms with van der Waals surface area (Å²) in [5.41, 5.74) is 3.10. The van der Waals surface area contributed by atoms with Crippen LogP contribution in [0.25, 0.3) is 16.9 Å². The van der Waals surface area contributed by atoms with Gasteiger partial charge in [0.05, 0.1) is 28.5 Å². The Morgan fingerprint density at radius 3 is 2.54 bits per heavy atom. The van der Waals surface area contributed by atoms with Crippen LogP contribution < -0.4 is 15.5 Å². The van der Waals surface area contributed by atoms with Gasteiger partial charge < -0.3 is 15.5 Å². The molecule has 3 aromatic rings. The minimum Gasteiger partial charge on any atom is -0.369 e. The highest BCUT2D eigenvalue weighted by molar-refractivity contribution is 7.91. The number of hydrogen-bond donors (Lipinski definition) is 2. The number of halogens is 1. The minimum atomic E-state index is -2.95. The van der Waals surface area contributed by atoms with Gasteiger partial charge in [0.1, 0.15) is 17.7 Å². The van der Waals surface area contributed by atoms with Crippen LogP contribution in [0.15, 0.2) is 48.5 Å². The molecule has 194 valence electrons. The van der Waals surface area contributed by atoms with Crippen molar-refractivity contribution in [2.75, 3.05) is 54.4 Å². The van der Waals surface area contributed by atoms with Crippen LogP contribution in [0, 0.1) is 23.1 Å². The van der Waals surface area contributed by atoms with E-state index in [1.807, 2.05) is 36.4 Å². The lowest BCUT2D eigenvalue weighted by atomic mass is 10.0. The molecule has 2 saturated heterocycles. The van der Waals surface area contributed by atoms with E-state index < -0.39 is 15.7 Å². The number of nitriles is 1. The molecule has 1 atom stereocenters. The van der Waals surface area contributed by atoms with Crippen LogP contribution in [0.2, 0.25) is 0 Å². The van der Waals surface area contributed by atoms with Gasteiger partial charge in [-0.2, -0.15) is 5.26 Å². The number of hydrogen-bond acceptors (Lipinski definition) is 7. The standard InChI is InChI=1S/C27H31FN6O2S/c28-25-16-21(3-4-22(25)18-29)26-17-27(31-19-20-2-1-10-30-11-9-20)32-34(26)24-7-5-23(6-8-24)33-12-14-37(35,36)15-13-33/h3-8,16-17,20,30H,1-2,9-15,19H2,(H,31,32)/t20-/m1/s1. The normalized spacial score (nSPS) is 19.7. The maximum absolute atomic E-state index is 14.5. The molecule has 3 heterocycles. The first-order chi connectivity index (χ1) is 17.9. The van der Waals surface area contributed by atoms with E-state index in [0.717, 1.165) is 50.3 Å². The van der Waals surface area contributed by atoms with Gasteiger partial charge >= 0.3 is 0 Å². The Morgan fingerprint density at radius 1 is 1.05 bits per heavy atom. The maximum Gasteiger partial charge on any atom is 0.153 e. The van der Waals surface area contributed by atoms with Gasteiger partial charge in [-0.1, -0.05) is 6.07 Å². The van der Waals surface area contributed by atoms with E-state index in [1.54, 1.807) is 10.7 Å². The Bertz CT molecular complexity index is 1380. The summed E-state index contributed by atoms with van der Waals surface area (Å²) in [6.07, 6.45) is 3.43. The quantitative estimate of drug-likeness (QED) is 0.510. The fourth-order valence-electron chi connectivity index (χ4n) is 4.95. The number of sulfone groups is 1. The Kier molecular flexibility index (Phi) is 7.44. The zero-order valence-electron chi connectivity index (χ0n) is 20.7. The number of benzene rings is 2. The third kappa shape index (κ3) is 5.95. The molecule has 2 aromatic carbocycles. The minimum absolute atomic E-state index is 0.00281. The van der Waals surface area contributed by atoms with Crippen molar-refractivity contribution < 1.29 is 12.8 Å². The van der Waals surface area contributed by atoms with Gasteiger partial charge in [0, 0.05) is 37.0 Å². The summed E-state index contributed by atoms with van der Waals surface area (Å²) in [4.78, 5) is 2.07. The van der Waals surface area contributed by atoms with E-state index in [2.05, 4.69) is 15.5 Å². The molecule has 0 radical (unpaired) electrons. The number of nitrogens with zero attached hydrogens (tertiary/aromatic N) is 4. The summed E-state index contributed by atoms with van der Waals surface area (Å²) < 4.78 is 39.8. The molecule has 0 unspecified atom stereocenters. The average Bonchev–Trinajstić information content (AvgIpc) is 3.15. The largest absolute Gasteiger partial charge is 0.369 e. The average molecular weight is 523 g/mol. The van der Waals surface area contributed by atoms with Crippen molar-refractivity contribution in [1.82, 2.24) is 15.1 Å². The Balaban J connectivity index is 1.42. The highest BCUT2D eigenvalue weighted by Gasteiger charge is 2.22. The Hall–Kier alpha value is -3.42. The van der Waals surface area contributed by atoms with Crippen LogP contribution in [0.4, 0.5) is 15.9 Å². The zero-order chi connectivity index (χ0) is 25.8. The highest BCUT2D eigenvalue weighted by Crippen LogP contribution is 2.29. The second-order valence-electron chi connectivity index (χ2n) is 9.72. The van der Waals surface area contributed by atoms with E-state index in [1.165, 1.54) is 12.1 Å². The topological polar surface area (TPSA) is 103 Å². The molecule has 0 amide bonds. The molecule has 2 fully saturated rings. The maximum atomic E-state index is 14.5. The van der Waals surface area contributed by atoms with Crippen LogP contribution in [-0.4, -0.2) is 62.4 Å². The molecule has 5 rings (SSSR count). The summed E-state index contributed by atoms with van der Waals surface area (Å²) in [5.74, 6) is 1.03. The van der Waals surface area contributed by atoms with E-state index in [4.69, 9.17) is 10.4 Å².